The second-order valence-electron chi connectivity index (χ2n) is 3.20. The van der Waals surface area contributed by atoms with Crippen LogP contribution in [0.25, 0.3) is 0 Å². The molecule has 0 heterocycles. The van der Waals surface area contributed by atoms with Crippen molar-refractivity contribution in [3.05, 3.63) is 0 Å². The smallest absolute Gasteiger partial charge is 0.377 e. The van der Waals surface area contributed by atoms with Gasteiger partial charge in [-0.1, -0.05) is 0 Å². The Hall–Kier alpha value is -0.0631. The molecule has 0 rings (SSSR count). The highest BCUT2D eigenvalue weighted by atomic mass is 28.4. The second-order valence-corrected chi connectivity index (χ2v) is 6.08. The predicted molar refractivity (Wildman–Crippen MR) is 63.1 cm³/mol. The van der Waals surface area contributed by atoms with Crippen LogP contribution in [-0.2, 0) is 27.5 Å². The topological polar surface area (TPSA) is 81.4 Å². The zero-order valence-corrected chi connectivity index (χ0v) is 12.1. The number of ether oxygens (including phenoxy) is 3. The van der Waals surface area contributed by atoms with Gasteiger partial charge in [-0.05, 0) is 13.0 Å². The van der Waals surface area contributed by atoms with Gasteiger partial charge in [0.1, 0.15) is 0 Å². The second kappa shape index (κ2) is 8.11. The van der Waals surface area contributed by atoms with Crippen LogP contribution in [0, 0.1) is 0 Å². The van der Waals surface area contributed by atoms with Crippen molar-refractivity contribution in [1.82, 2.24) is 0 Å². The van der Waals surface area contributed by atoms with Crippen LogP contribution in [-0.4, -0.2) is 57.1 Å². The van der Waals surface area contributed by atoms with Crippen LogP contribution in [0.4, 0.5) is 0 Å². The van der Waals surface area contributed by atoms with Gasteiger partial charge in [-0.2, -0.15) is 0 Å². The molecule has 0 saturated carbocycles. The SMILES string of the molecule is COC(OC)(OC)O[Si](CCCN)(OC)OC. The lowest BCUT2D eigenvalue weighted by Crippen LogP contribution is -2.54. The van der Waals surface area contributed by atoms with Crippen molar-refractivity contribution in [2.75, 3.05) is 42.1 Å². The molecule has 2 N–H and O–H groups in total. The van der Waals surface area contributed by atoms with E-state index in [-0.39, 0.29) is 0 Å². The minimum atomic E-state index is -2.92. The van der Waals surface area contributed by atoms with E-state index in [1.807, 2.05) is 0 Å². The van der Waals surface area contributed by atoms with Crippen molar-refractivity contribution in [3.8, 4) is 0 Å². The number of nitrogens with two attached hydrogens (primary N) is 1. The average Bonchev–Trinajstić information content (AvgIpc) is 2.41. The lowest BCUT2D eigenvalue weighted by molar-refractivity contribution is -0.460. The molecule has 0 radical (unpaired) electrons. The maximum absolute atomic E-state index is 5.65. The van der Waals surface area contributed by atoms with Gasteiger partial charge in [-0.25, -0.2) is 0 Å². The highest BCUT2D eigenvalue weighted by Gasteiger charge is 2.49. The first-order valence-corrected chi connectivity index (χ1v) is 7.16. The van der Waals surface area contributed by atoms with Crippen LogP contribution < -0.4 is 5.73 Å². The van der Waals surface area contributed by atoms with Crippen molar-refractivity contribution in [3.63, 3.8) is 0 Å². The van der Waals surface area contributed by atoms with E-state index in [0.29, 0.717) is 19.0 Å². The maximum atomic E-state index is 5.65. The summed E-state index contributed by atoms with van der Waals surface area (Å²) in [5.74, 6) is 0. The number of methoxy groups -OCH3 is 3. The van der Waals surface area contributed by atoms with Gasteiger partial charge in [0.25, 0.3) is 0 Å². The predicted octanol–water partition coefficient (Wildman–Crippen LogP) is 0.134. The largest absolute Gasteiger partial charge is 0.506 e. The third kappa shape index (κ3) is 4.60. The van der Waals surface area contributed by atoms with E-state index in [1.54, 1.807) is 0 Å². The lowest BCUT2D eigenvalue weighted by Gasteiger charge is -2.35. The molecule has 0 unspecified atom stereocenters. The highest BCUT2D eigenvalue weighted by Crippen LogP contribution is 2.25. The molecule has 0 amide bonds. The standard InChI is InChI=1S/C9H23NO6Si/c1-11-9(12-2,13-3)16-17(14-4,15-5)8-6-7-10/h6-8,10H2,1-5H3. The van der Waals surface area contributed by atoms with Gasteiger partial charge < -0.3 is 28.8 Å². The summed E-state index contributed by atoms with van der Waals surface area (Å²) in [6.07, 6.45) is -0.909. The van der Waals surface area contributed by atoms with E-state index in [1.165, 1.54) is 35.5 Å². The Bertz CT molecular complexity index is 190. The fraction of sp³-hybridized carbons (Fsp3) is 1.00. The van der Waals surface area contributed by atoms with Crippen LogP contribution in [0.1, 0.15) is 6.42 Å². The highest BCUT2D eigenvalue weighted by molar-refractivity contribution is 6.60. The van der Waals surface area contributed by atoms with Crippen molar-refractivity contribution >= 4 is 8.80 Å². The molecule has 0 atom stereocenters. The molecule has 8 heteroatoms. The molecule has 0 fully saturated rings. The Balaban J connectivity index is 4.81. The zero-order chi connectivity index (χ0) is 13.4. The molecule has 0 aliphatic carbocycles. The van der Waals surface area contributed by atoms with Gasteiger partial charge >= 0.3 is 15.0 Å². The molecule has 0 aliphatic heterocycles. The minimum absolute atomic E-state index is 0.519. The zero-order valence-electron chi connectivity index (χ0n) is 11.1. The van der Waals surface area contributed by atoms with E-state index in [4.69, 9.17) is 33.2 Å². The van der Waals surface area contributed by atoms with E-state index in [9.17, 15) is 0 Å². The summed E-state index contributed by atoms with van der Waals surface area (Å²) in [7, 11) is 4.32. The molecule has 0 spiro atoms. The first-order valence-electron chi connectivity index (χ1n) is 5.23. The van der Waals surface area contributed by atoms with Gasteiger partial charge in [-0.15, -0.1) is 0 Å². The number of hydrogen-bond acceptors (Lipinski definition) is 7. The summed E-state index contributed by atoms with van der Waals surface area (Å²) in [6, 6.07) is 0.550. The Kier molecular flexibility index (Phi) is 8.08. The Morgan fingerprint density at radius 2 is 1.41 bits per heavy atom. The maximum Gasteiger partial charge on any atom is 0.506 e. The van der Waals surface area contributed by atoms with Crippen LogP contribution in [0.15, 0.2) is 0 Å². The fourth-order valence-corrected chi connectivity index (χ4v) is 3.42. The Morgan fingerprint density at radius 1 is 0.941 bits per heavy atom. The van der Waals surface area contributed by atoms with Crippen LogP contribution in [0.2, 0.25) is 6.04 Å². The molecule has 17 heavy (non-hydrogen) atoms. The number of hydrogen-bond donors (Lipinski definition) is 1. The Labute approximate surface area is 103 Å². The van der Waals surface area contributed by atoms with Crippen molar-refractivity contribution in [2.45, 2.75) is 18.6 Å². The van der Waals surface area contributed by atoms with E-state index in [2.05, 4.69) is 0 Å². The number of rotatable bonds is 10. The normalized spacial score (nSPS) is 13.1. The summed E-state index contributed by atoms with van der Waals surface area (Å²) in [6.45, 7) is 0.519. The molecule has 0 aromatic heterocycles. The molecule has 0 aromatic rings. The molecular formula is C9H23NO6Si. The van der Waals surface area contributed by atoms with Crippen molar-refractivity contribution < 1.29 is 27.5 Å². The van der Waals surface area contributed by atoms with E-state index >= 15 is 0 Å². The monoisotopic (exact) mass is 269 g/mol. The summed E-state index contributed by atoms with van der Waals surface area (Å²) in [4.78, 5) is 0. The summed E-state index contributed by atoms with van der Waals surface area (Å²) >= 11 is 0. The fourth-order valence-electron chi connectivity index (χ4n) is 1.31. The van der Waals surface area contributed by atoms with Crippen molar-refractivity contribution in [2.24, 2.45) is 5.73 Å². The quantitative estimate of drug-likeness (QED) is 0.446. The average molecular weight is 269 g/mol. The molecule has 0 aromatic carbocycles. The minimum Gasteiger partial charge on any atom is -0.377 e. The molecule has 0 saturated heterocycles. The molecule has 104 valence electrons. The third-order valence-corrected chi connectivity index (χ3v) is 5.11. The van der Waals surface area contributed by atoms with Gasteiger partial charge in [0.2, 0.25) is 0 Å². The molecule has 0 aliphatic rings. The first-order chi connectivity index (χ1) is 8.07. The van der Waals surface area contributed by atoms with Crippen LogP contribution in [0.5, 0.6) is 0 Å². The Morgan fingerprint density at radius 3 is 1.71 bits per heavy atom. The molecule has 7 nitrogen and oxygen atoms in total. The lowest BCUT2D eigenvalue weighted by atomic mass is 10.5. The van der Waals surface area contributed by atoms with Gasteiger partial charge in [0, 0.05) is 41.6 Å². The van der Waals surface area contributed by atoms with Crippen LogP contribution >= 0.6 is 0 Å². The van der Waals surface area contributed by atoms with Crippen molar-refractivity contribution in [1.29, 1.82) is 0 Å². The summed E-state index contributed by atoms with van der Waals surface area (Å²) < 4.78 is 31.5. The van der Waals surface area contributed by atoms with E-state index in [0.717, 1.165) is 0 Å². The third-order valence-electron chi connectivity index (χ3n) is 2.34. The van der Waals surface area contributed by atoms with Gasteiger partial charge in [0.15, 0.2) is 0 Å². The molecule has 0 bridgehead atoms. The summed E-state index contributed by atoms with van der Waals surface area (Å²) in [5, 5.41) is 0. The van der Waals surface area contributed by atoms with Gasteiger partial charge in [0.05, 0.1) is 0 Å². The first kappa shape index (κ1) is 16.9. The molecular weight excluding hydrogens is 246 g/mol. The van der Waals surface area contributed by atoms with Gasteiger partial charge in [-0.3, -0.25) is 4.43 Å². The van der Waals surface area contributed by atoms with Crippen LogP contribution in [0.3, 0.4) is 0 Å². The van der Waals surface area contributed by atoms with E-state index < -0.39 is 15.0 Å². The summed E-state index contributed by atoms with van der Waals surface area (Å²) in [5.41, 5.74) is 5.47.